The fraction of sp³-hybridized carbons (Fsp3) is 0.400. The van der Waals surface area contributed by atoms with E-state index in [1.165, 1.54) is 0 Å². The molecular weight excluding hydrogens is 290 g/mol. The van der Waals surface area contributed by atoms with Gasteiger partial charge in [-0.15, -0.1) is 10.2 Å². The van der Waals surface area contributed by atoms with Crippen LogP contribution in [0, 0.1) is 0 Å². The summed E-state index contributed by atoms with van der Waals surface area (Å²) in [6.45, 7) is 1.75. The van der Waals surface area contributed by atoms with Crippen LogP contribution in [0.25, 0.3) is 11.5 Å². The molecule has 6 heteroatoms. The molecule has 1 amide bonds. The quantitative estimate of drug-likeness (QED) is 0.871. The predicted molar refractivity (Wildman–Crippen MR) is 78.9 cm³/mol. The Bertz CT molecular complexity index is 618. The number of aromatic nitrogens is 2. The van der Waals surface area contributed by atoms with Gasteiger partial charge in [-0.1, -0.05) is 11.6 Å². The summed E-state index contributed by atoms with van der Waals surface area (Å²) in [5, 5.41) is 8.66. The first-order chi connectivity index (χ1) is 10.2. The van der Waals surface area contributed by atoms with Gasteiger partial charge in [0, 0.05) is 36.5 Å². The van der Waals surface area contributed by atoms with E-state index in [1.807, 2.05) is 17.0 Å². The summed E-state index contributed by atoms with van der Waals surface area (Å²) < 4.78 is 5.59. The molecule has 2 heterocycles. The number of amides is 1. The second-order valence-electron chi connectivity index (χ2n) is 5.10. The third-order valence-corrected chi connectivity index (χ3v) is 3.82. The zero-order valence-corrected chi connectivity index (χ0v) is 12.3. The lowest BCUT2D eigenvalue weighted by atomic mass is 10.2. The van der Waals surface area contributed by atoms with E-state index in [1.54, 1.807) is 12.1 Å². The number of carbonyl (C=O) groups is 1. The van der Waals surface area contributed by atoms with Crippen LogP contribution in [-0.2, 0) is 11.2 Å². The molecule has 0 saturated carbocycles. The van der Waals surface area contributed by atoms with Gasteiger partial charge in [-0.3, -0.25) is 4.79 Å². The van der Waals surface area contributed by atoms with Gasteiger partial charge in [-0.25, -0.2) is 0 Å². The molecule has 0 unspecified atom stereocenters. The predicted octanol–water partition coefficient (Wildman–Crippen LogP) is 2.95. The molecule has 1 aromatic carbocycles. The van der Waals surface area contributed by atoms with E-state index in [9.17, 15) is 4.79 Å². The van der Waals surface area contributed by atoms with Gasteiger partial charge < -0.3 is 9.32 Å². The Balaban J connectivity index is 1.60. The Labute approximate surface area is 127 Å². The summed E-state index contributed by atoms with van der Waals surface area (Å²) in [5.74, 6) is 1.11. The maximum Gasteiger partial charge on any atom is 0.247 e. The first kappa shape index (κ1) is 14.1. The molecule has 0 radical (unpaired) electrons. The Morgan fingerprint density at radius 3 is 2.62 bits per heavy atom. The molecule has 1 aliphatic heterocycles. The van der Waals surface area contributed by atoms with Crippen LogP contribution in [0.5, 0.6) is 0 Å². The number of hydrogen-bond acceptors (Lipinski definition) is 4. The zero-order chi connectivity index (χ0) is 14.7. The zero-order valence-electron chi connectivity index (χ0n) is 11.6. The Morgan fingerprint density at radius 1 is 1.19 bits per heavy atom. The van der Waals surface area contributed by atoms with E-state index < -0.39 is 0 Å². The molecule has 110 valence electrons. The number of carbonyl (C=O) groups excluding carboxylic acids is 1. The topological polar surface area (TPSA) is 59.2 Å². The molecule has 2 aromatic rings. The minimum absolute atomic E-state index is 0.166. The van der Waals surface area contributed by atoms with Crippen LogP contribution in [0.2, 0.25) is 5.02 Å². The maximum atomic E-state index is 12.0. The van der Waals surface area contributed by atoms with Crippen LogP contribution in [0.4, 0.5) is 0 Å². The number of hydrogen-bond donors (Lipinski definition) is 0. The first-order valence-corrected chi connectivity index (χ1v) is 7.46. The molecule has 5 nitrogen and oxygen atoms in total. The third kappa shape index (κ3) is 3.42. The van der Waals surface area contributed by atoms with Crippen molar-refractivity contribution in [2.24, 2.45) is 0 Å². The number of halogens is 1. The van der Waals surface area contributed by atoms with Crippen molar-refractivity contribution < 1.29 is 9.21 Å². The van der Waals surface area contributed by atoms with Crippen LogP contribution >= 0.6 is 11.6 Å². The van der Waals surface area contributed by atoms with Crippen molar-refractivity contribution in [3.05, 3.63) is 35.2 Å². The average Bonchev–Trinajstić information content (AvgIpc) is 3.17. The summed E-state index contributed by atoms with van der Waals surface area (Å²) >= 11 is 5.84. The van der Waals surface area contributed by atoms with E-state index in [4.69, 9.17) is 16.0 Å². The van der Waals surface area contributed by atoms with Crippen molar-refractivity contribution in [2.75, 3.05) is 13.1 Å². The SMILES string of the molecule is O=C(CCc1nnc(-c2ccc(Cl)cc2)o1)N1CCCC1. The molecule has 1 aromatic heterocycles. The van der Waals surface area contributed by atoms with Gasteiger partial charge >= 0.3 is 0 Å². The minimum atomic E-state index is 0.166. The number of rotatable bonds is 4. The number of nitrogens with zero attached hydrogens (tertiary/aromatic N) is 3. The Morgan fingerprint density at radius 2 is 1.90 bits per heavy atom. The molecule has 0 aliphatic carbocycles. The van der Waals surface area contributed by atoms with Crippen LogP contribution in [0.3, 0.4) is 0 Å². The van der Waals surface area contributed by atoms with E-state index >= 15 is 0 Å². The van der Waals surface area contributed by atoms with Gasteiger partial charge in [0.2, 0.25) is 17.7 Å². The van der Waals surface area contributed by atoms with Crippen molar-refractivity contribution >= 4 is 17.5 Å². The van der Waals surface area contributed by atoms with Gasteiger partial charge in [0.05, 0.1) is 0 Å². The standard InChI is InChI=1S/C15H16ClN3O2/c16-12-5-3-11(4-6-12)15-18-17-13(21-15)7-8-14(20)19-9-1-2-10-19/h3-6H,1-2,7-10H2. The highest BCUT2D eigenvalue weighted by Crippen LogP contribution is 2.20. The van der Waals surface area contributed by atoms with Gasteiger partial charge in [0.15, 0.2) is 0 Å². The summed E-state index contributed by atoms with van der Waals surface area (Å²) in [5.41, 5.74) is 0.823. The normalized spacial score (nSPS) is 14.6. The van der Waals surface area contributed by atoms with Gasteiger partial charge in [-0.05, 0) is 37.1 Å². The molecular formula is C15H16ClN3O2. The second-order valence-corrected chi connectivity index (χ2v) is 5.53. The highest BCUT2D eigenvalue weighted by atomic mass is 35.5. The summed E-state index contributed by atoms with van der Waals surface area (Å²) in [4.78, 5) is 13.9. The van der Waals surface area contributed by atoms with Crippen molar-refractivity contribution in [3.63, 3.8) is 0 Å². The minimum Gasteiger partial charge on any atom is -0.421 e. The molecule has 0 N–H and O–H groups in total. The van der Waals surface area contributed by atoms with Crippen LogP contribution in [-0.4, -0.2) is 34.1 Å². The molecule has 1 aliphatic rings. The van der Waals surface area contributed by atoms with E-state index in [0.717, 1.165) is 31.5 Å². The van der Waals surface area contributed by atoms with Gasteiger partial charge in [-0.2, -0.15) is 0 Å². The lowest BCUT2D eigenvalue weighted by Crippen LogP contribution is -2.27. The molecule has 0 spiro atoms. The van der Waals surface area contributed by atoms with Crippen molar-refractivity contribution in [2.45, 2.75) is 25.7 Å². The third-order valence-electron chi connectivity index (χ3n) is 3.57. The maximum absolute atomic E-state index is 12.0. The molecule has 3 rings (SSSR count). The smallest absolute Gasteiger partial charge is 0.247 e. The van der Waals surface area contributed by atoms with E-state index in [2.05, 4.69) is 10.2 Å². The monoisotopic (exact) mass is 305 g/mol. The van der Waals surface area contributed by atoms with Crippen LogP contribution in [0.15, 0.2) is 28.7 Å². The first-order valence-electron chi connectivity index (χ1n) is 7.08. The fourth-order valence-electron chi connectivity index (χ4n) is 2.40. The van der Waals surface area contributed by atoms with E-state index in [0.29, 0.717) is 29.6 Å². The van der Waals surface area contributed by atoms with Crippen molar-refractivity contribution in [3.8, 4) is 11.5 Å². The Kier molecular flexibility index (Phi) is 4.20. The Hall–Kier alpha value is -1.88. The van der Waals surface area contributed by atoms with E-state index in [-0.39, 0.29) is 5.91 Å². The van der Waals surface area contributed by atoms with Crippen LogP contribution < -0.4 is 0 Å². The summed E-state index contributed by atoms with van der Waals surface area (Å²) in [6.07, 6.45) is 3.11. The van der Waals surface area contributed by atoms with Crippen molar-refractivity contribution in [1.29, 1.82) is 0 Å². The molecule has 1 fully saturated rings. The van der Waals surface area contributed by atoms with Gasteiger partial charge in [0.25, 0.3) is 0 Å². The number of likely N-dealkylation sites (tertiary alicyclic amines) is 1. The fourth-order valence-corrected chi connectivity index (χ4v) is 2.53. The summed E-state index contributed by atoms with van der Waals surface area (Å²) in [6, 6.07) is 7.21. The average molecular weight is 306 g/mol. The van der Waals surface area contributed by atoms with Crippen molar-refractivity contribution in [1.82, 2.24) is 15.1 Å². The lowest BCUT2D eigenvalue weighted by Gasteiger charge is -2.13. The highest BCUT2D eigenvalue weighted by molar-refractivity contribution is 6.30. The lowest BCUT2D eigenvalue weighted by molar-refractivity contribution is -0.130. The van der Waals surface area contributed by atoms with Gasteiger partial charge in [0.1, 0.15) is 0 Å². The molecule has 0 bridgehead atoms. The highest BCUT2D eigenvalue weighted by Gasteiger charge is 2.18. The largest absolute Gasteiger partial charge is 0.421 e. The second kappa shape index (κ2) is 6.26. The van der Waals surface area contributed by atoms with Crippen LogP contribution in [0.1, 0.15) is 25.2 Å². The number of aryl methyl sites for hydroxylation is 1. The molecule has 1 saturated heterocycles. The molecule has 0 atom stereocenters. The number of benzene rings is 1. The molecule has 21 heavy (non-hydrogen) atoms. The summed E-state index contributed by atoms with van der Waals surface area (Å²) in [7, 11) is 0.